The highest BCUT2D eigenvalue weighted by Crippen LogP contribution is 2.46. The van der Waals surface area contributed by atoms with E-state index in [1.165, 1.54) is 22.6 Å². The van der Waals surface area contributed by atoms with Crippen molar-refractivity contribution in [1.29, 1.82) is 0 Å². The van der Waals surface area contributed by atoms with Gasteiger partial charge in [-0.05, 0) is 48.3 Å². The molecule has 0 bridgehead atoms. The van der Waals surface area contributed by atoms with Gasteiger partial charge < -0.3 is 20.8 Å². The molecule has 4 rings (SSSR count). The van der Waals surface area contributed by atoms with E-state index in [9.17, 15) is 15.0 Å². The molecule has 26 heavy (non-hydrogen) atoms. The van der Waals surface area contributed by atoms with Crippen molar-refractivity contribution in [2.75, 3.05) is 5.32 Å². The number of nitrogens with one attached hydrogen (secondary N) is 2. The molecular weight excluding hydrogens is 348 g/mol. The zero-order valence-electron chi connectivity index (χ0n) is 15.2. The summed E-state index contributed by atoms with van der Waals surface area (Å²) in [5.74, 6) is 0.479. The number of hydrogen-bond acceptors (Lipinski definition) is 5. The lowest BCUT2D eigenvalue weighted by Gasteiger charge is -2.34. The lowest BCUT2D eigenvalue weighted by molar-refractivity contribution is 0.0934. The van der Waals surface area contributed by atoms with Crippen LogP contribution >= 0.6 is 11.3 Å². The van der Waals surface area contributed by atoms with Gasteiger partial charge in [-0.15, -0.1) is 11.3 Å². The van der Waals surface area contributed by atoms with E-state index in [1.54, 1.807) is 17.4 Å². The molecule has 0 fully saturated rings. The van der Waals surface area contributed by atoms with E-state index in [1.807, 2.05) is 0 Å². The van der Waals surface area contributed by atoms with Crippen molar-refractivity contribution in [3.63, 3.8) is 0 Å². The Kier molecular flexibility index (Phi) is 3.91. The number of hydrogen-bond donors (Lipinski definition) is 4. The molecule has 2 atom stereocenters. The number of thiophene rings is 1. The fourth-order valence-electron chi connectivity index (χ4n) is 3.97. The van der Waals surface area contributed by atoms with E-state index >= 15 is 0 Å². The highest BCUT2D eigenvalue weighted by molar-refractivity contribution is 7.16. The van der Waals surface area contributed by atoms with Crippen LogP contribution < -0.4 is 10.6 Å². The van der Waals surface area contributed by atoms with E-state index in [0.717, 1.165) is 29.8 Å². The van der Waals surface area contributed by atoms with Crippen LogP contribution in [-0.2, 0) is 12.8 Å². The molecule has 2 aliphatic rings. The van der Waals surface area contributed by atoms with Gasteiger partial charge in [-0.1, -0.05) is 20.8 Å². The summed E-state index contributed by atoms with van der Waals surface area (Å²) >= 11 is 1.67. The highest BCUT2D eigenvalue weighted by Gasteiger charge is 2.36. The normalized spacial score (nSPS) is 22.2. The maximum atomic E-state index is 12.8. The molecule has 0 spiro atoms. The molecule has 2 heterocycles. The second-order valence-corrected chi connectivity index (χ2v) is 9.41. The van der Waals surface area contributed by atoms with Crippen molar-refractivity contribution in [3.8, 4) is 11.5 Å². The minimum absolute atomic E-state index is 0.00566. The third-order valence-electron chi connectivity index (χ3n) is 5.59. The molecule has 1 aliphatic heterocycles. The van der Waals surface area contributed by atoms with Crippen molar-refractivity contribution < 1.29 is 15.0 Å². The van der Waals surface area contributed by atoms with Crippen molar-refractivity contribution in [3.05, 3.63) is 39.8 Å². The first-order valence-corrected chi connectivity index (χ1v) is 9.79. The highest BCUT2D eigenvalue weighted by atomic mass is 32.1. The van der Waals surface area contributed by atoms with Crippen LogP contribution in [0.2, 0.25) is 0 Å². The molecule has 0 radical (unpaired) electrons. The van der Waals surface area contributed by atoms with E-state index in [2.05, 4.69) is 31.4 Å². The third-order valence-corrected chi connectivity index (χ3v) is 6.78. The fraction of sp³-hybridized carbons (Fsp3) is 0.450. The van der Waals surface area contributed by atoms with E-state index in [4.69, 9.17) is 0 Å². The monoisotopic (exact) mass is 372 g/mol. The summed E-state index contributed by atoms with van der Waals surface area (Å²) in [6, 6.07) is 4.41. The first-order valence-electron chi connectivity index (χ1n) is 8.98. The van der Waals surface area contributed by atoms with E-state index in [0.29, 0.717) is 11.5 Å². The summed E-state index contributed by atoms with van der Waals surface area (Å²) in [6.07, 6.45) is 2.55. The van der Waals surface area contributed by atoms with Crippen molar-refractivity contribution in [1.82, 2.24) is 5.32 Å². The molecule has 138 valence electrons. The van der Waals surface area contributed by atoms with Crippen LogP contribution in [0.15, 0.2) is 18.2 Å². The second-order valence-electron chi connectivity index (χ2n) is 8.31. The number of anilines is 1. The van der Waals surface area contributed by atoms with Crippen molar-refractivity contribution >= 4 is 22.2 Å². The number of phenols is 2. The number of fused-ring (bicyclic) bond motifs is 3. The van der Waals surface area contributed by atoms with Gasteiger partial charge in [0.2, 0.25) is 0 Å². The Morgan fingerprint density at radius 2 is 1.96 bits per heavy atom. The number of aromatic hydroxyl groups is 2. The molecule has 0 saturated heterocycles. The van der Waals surface area contributed by atoms with Crippen LogP contribution in [-0.4, -0.2) is 16.1 Å². The van der Waals surface area contributed by atoms with Gasteiger partial charge in [0.05, 0.1) is 5.56 Å². The lowest BCUT2D eigenvalue weighted by Crippen LogP contribution is -2.38. The standard InChI is InChI=1S/C20H24N2O3S/c1-20(2,3)10-4-6-13-15(8-10)26-19-16(13)18(25)21-17(22-19)12-7-5-11(23)9-14(12)24/h5,7,9-10,17,22-24H,4,6,8H2,1-3H3,(H,21,25)/t10-,17+/m1/s1. The molecule has 1 amide bonds. The maximum Gasteiger partial charge on any atom is 0.256 e. The molecule has 0 saturated carbocycles. The Morgan fingerprint density at radius 3 is 2.65 bits per heavy atom. The number of amides is 1. The van der Waals surface area contributed by atoms with Crippen LogP contribution in [0.25, 0.3) is 0 Å². The number of carbonyl (C=O) groups is 1. The number of carbonyl (C=O) groups excluding carboxylic acids is 1. The predicted octanol–water partition coefficient (Wildman–Crippen LogP) is 4.16. The van der Waals surface area contributed by atoms with Crippen LogP contribution in [0.5, 0.6) is 11.5 Å². The van der Waals surface area contributed by atoms with Gasteiger partial charge in [-0.3, -0.25) is 4.79 Å². The summed E-state index contributed by atoms with van der Waals surface area (Å²) < 4.78 is 0. The van der Waals surface area contributed by atoms with Crippen LogP contribution in [0, 0.1) is 11.3 Å². The molecule has 2 aromatic rings. The quantitative estimate of drug-likeness (QED) is 0.606. The first kappa shape index (κ1) is 17.2. The second kappa shape index (κ2) is 5.91. The third kappa shape index (κ3) is 2.82. The Hall–Kier alpha value is -2.21. The van der Waals surface area contributed by atoms with Crippen LogP contribution in [0.4, 0.5) is 5.00 Å². The van der Waals surface area contributed by atoms with Gasteiger partial charge in [0.15, 0.2) is 0 Å². The first-order chi connectivity index (χ1) is 12.2. The van der Waals surface area contributed by atoms with Crippen LogP contribution in [0.3, 0.4) is 0 Å². The van der Waals surface area contributed by atoms with Gasteiger partial charge >= 0.3 is 0 Å². The summed E-state index contributed by atoms with van der Waals surface area (Å²) in [5, 5.41) is 26.8. The summed E-state index contributed by atoms with van der Waals surface area (Å²) in [5.41, 5.74) is 2.76. The molecule has 1 aliphatic carbocycles. The fourth-order valence-corrected chi connectivity index (χ4v) is 5.32. The number of rotatable bonds is 1. The largest absolute Gasteiger partial charge is 0.508 e. The Balaban J connectivity index is 1.66. The van der Waals surface area contributed by atoms with Gasteiger partial charge in [-0.25, -0.2) is 0 Å². The van der Waals surface area contributed by atoms with E-state index < -0.39 is 6.17 Å². The minimum atomic E-state index is -0.505. The molecule has 1 aromatic carbocycles. The zero-order chi connectivity index (χ0) is 18.6. The molecule has 5 nitrogen and oxygen atoms in total. The van der Waals surface area contributed by atoms with Crippen molar-refractivity contribution in [2.45, 2.75) is 46.2 Å². The van der Waals surface area contributed by atoms with Crippen molar-refractivity contribution in [2.24, 2.45) is 11.3 Å². The van der Waals surface area contributed by atoms with E-state index in [-0.39, 0.29) is 22.8 Å². The topological polar surface area (TPSA) is 81.6 Å². The average Bonchev–Trinajstić information content (AvgIpc) is 2.91. The zero-order valence-corrected chi connectivity index (χ0v) is 16.0. The number of benzene rings is 1. The molecule has 0 unspecified atom stereocenters. The Labute approximate surface area is 157 Å². The SMILES string of the molecule is CC(C)(C)[C@@H]1CCc2c(sc3c2C(=O)N[C@H](c2ccc(O)cc2O)N3)C1. The van der Waals surface area contributed by atoms with Crippen LogP contribution in [0.1, 0.15) is 59.7 Å². The van der Waals surface area contributed by atoms with Gasteiger partial charge in [-0.2, -0.15) is 0 Å². The van der Waals surface area contributed by atoms with Gasteiger partial charge in [0.1, 0.15) is 22.7 Å². The molecular formula is C20H24N2O3S. The smallest absolute Gasteiger partial charge is 0.256 e. The average molecular weight is 372 g/mol. The maximum absolute atomic E-state index is 12.8. The molecule has 4 N–H and O–H groups in total. The summed E-state index contributed by atoms with van der Waals surface area (Å²) in [6.45, 7) is 6.85. The summed E-state index contributed by atoms with van der Waals surface area (Å²) in [4.78, 5) is 14.1. The number of phenolic OH excluding ortho intramolecular Hbond substituents is 2. The molecule has 6 heteroatoms. The lowest BCUT2D eigenvalue weighted by atomic mass is 9.72. The Morgan fingerprint density at radius 1 is 1.19 bits per heavy atom. The predicted molar refractivity (Wildman–Crippen MR) is 103 cm³/mol. The Bertz CT molecular complexity index is 882. The summed E-state index contributed by atoms with van der Waals surface area (Å²) in [7, 11) is 0. The molecule has 1 aromatic heterocycles. The minimum Gasteiger partial charge on any atom is -0.508 e. The van der Waals surface area contributed by atoms with Gasteiger partial charge in [0, 0.05) is 16.5 Å². The van der Waals surface area contributed by atoms with Gasteiger partial charge in [0.25, 0.3) is 5.91 Å².